The van der Waals surface area contributed by atoms with Gasteiger partial charge in [-0.05, 0) is 38.4 Å². The van der Waals surface area contributed by atoms with Crippen LogP contribution in [0.4, 0.5) is 0 Å². The summed E-state index contributed by atoms with van der Waals surface area (Å²) in [5.74, 6) is 1.37. The maximum absolute atomic E-state index is 12.1. The van der Waals surface area contributed by atoms with Crippen LogP contribution in [0, 0.1) is 0 Å². The van der Waals surface area contributed by atoms with Crippen molar-refractivity contribution in [2.75, 3.05) is 19.8 Å². The van der Waals surface area contributed by atoms with E-state index in [1.54, 1.807) is 11.3 Å². The molecule has 1 N–H and O–H groups in total. The first-order chi connectivity index (χ1) is 12.6. The zero-order valence-electron chi connectivity index (χ0n) is 16.1. The summed E-state index contributed by atoms with van der Waals surface area (Å²) in [6, 6.07) is 4.26. The number of rotatable bonds is 11. The quantitative estimate of drug-likeness (QED) is 0.590. The summed E-state index contributed by atoms with van der Waals surface area (Å²) in [5, 5.41) is 14.6. The molecule has 1 atom stereocenters. The molecule has 8 heteroatoms. The molecule has 0 aliphatic carbocycles. The van der Waals surface area contributed by atoms with Crippen molar-refractivity contribution in [3.8, 4) is 0 Å². The van der Waals surface area contributed by atoms with Gasteiger partial charge in [-0.1, -0.05) is 38.1 Å². The Balaban J connectivity index is 2.00. The van der Waals surface area contributed by atoms with E-state index < -0.39 is 0 Å². The van der Waals surface area contributed by atoms with Gasteiger partial charge in [-0.15, -0.1) is 21.5 Å². The lowest BCUT2D eigenvalue weighted by molar-refractivity contribution is -0.118. The second kappa shape index (κ2) is 10.7. The fourth-order valence-electron chi connectivity index (χ4n) is 2.74. The van der Waals surface area contributed by atoms with Gasteiger partial charge in [0.05, 0.1) is 18.3 Å². The molecule has 0 spiro atoms. The summed E-state index contributed by atoms with van der Waals surface area (Å²) in [6.07, 6.45) is 3.16. The van der Waals surface area contributed by atoms with Crippen LogP contribution in [0.5, 0.6) is 0 Å². The third-order valence-electron chi connectivity index (χ3n) is 4.16. The van der Waals surface area contributed by atoms with E-state index in [1.807, 2.05) is 17.5 Å². The molecule has 1 unspecified atom stereocenters. The molecule has 0 fully saturated rings. The average molecular weight is 396 g/mol. The average Bonchev–Trinajstić information content (AvgIpc) is 3.27. The molecule has 0 aliphatic heterocycles. The van der Waals surface area contributed by atoms with Crippen molar-refractivity contribution in [2.24, 2.45) is 0 Å². The Hall–Kier alpha value is -1.38. The number of thiophene rings is 1. The van der Waals surface area contributed by atoms with E-state index in [1.165, 1.54) is 11.8 Å². The number of hydrogen-bond acceptors (Lipinski definition) is 6. The molecular formula is C18H29N5OS2. The maximum Gasteiger partial charge on any atom is 0.230 e. The zero-order valence-corrected chi connectivity index (χ0v) is 17.7. The highest BCUT2D eigenvalue weighted by Crippen LogP contribution is 2.25. The largest absolute Gasteiger partial charge is 0.350 e. The lowest BCUT2D eigenvalue weighted by Crippen LogP contribution is -2.25. The molecule has 2 aromatic rings. The predicted octanol–water partition coefficient (Wildman–Crippen LogP) is 3.56. The van der Waals surface area contributed by atoms with Gasteiger partial charge in [0.2, 0.25) is 5.91 Å². The fraction of sp³-hybridized carbons (Fsp3) is 0.611. The smallest absolute Gasteiger partial charge is 0.230 e. The normalized spacial score (nSPS) is 12.5. The fourth-order valence-corrected chi connectivity index (χ4v) is 4.18. The van der Waals surface area contributed by atoms with Gasteiger partial charge in [0, 0.05) is 11.4 Å². The van der Waals surface area contributed by atoms with Crippen LogP contribution in [-0.2, 0) is 17.9 Å². The van der Waals surface area contributed by atoms with E-state index in [4.69, 9.17) is 0 Å². The van der Waals surface area contributed by atoms with Crippen LogP contribution >= 0.6 is 23.1 Å². The van der Waals surface area contributed by atoms with Gasteiger partial charge < -0.3 is 9.88 Å². The molecule has 0 radical (unpaired) electrons. The summed E-state index contributed by atoms with van der Waals surface area (Å²) in [6.45, 7) is 5.82. The third-order valence-corrected chi connectivity index (χ3v) is 6.00. The Morgan fingerprint density at radius 2 is 2.19 bits per heavy atom. The van der Waals surface area contributed by atoms with Crippen molar-refractivity contribution in [2.45, 2.75) is 57.4 Å². The Labute approximate surface area is 164 Å². The van der Waals surface area contributed by atoms with E-state index in [0.717, 1.165) is 41.7 Å². The van der Waals surface area contributed by atoms with Crippen molar-refractivity contribution in [1.29, 1.82) is 0 Å². The minimum Gasteiger partial charge on any atom is -0.350 e. The first-order valence-corrected chi connectivity index (χ1v) is 10.9. The van der Waals surface area contributed by atoms with Crippen LogP contribution in [0.1, 0.15) is 49.9 Å². The minimum atomic E-state index is 0.0228. The molecule has 2 heterocycles. The van der Waals surface area contributed by atoms with Gasteiger partial charge >= 0.3 is 0 Å². The molecule has 0 saturated carbocycles. The van der Waals surface area contributed by atoms with Gasteiger partial charge in [-0.2, -0.15) is 0 Å². The molecule has 2 rings (SSSR count). The third kappa shape index (κ3) is 5.82. The number of nitrogens with one attached hydrogen (secondary N) is 1. The molecule has 1 amide bonds. The van der Waals surface area contributed by atoms with Gasteiger partial charge in [-0.3, -0.25) is 9.69 Å². The molecule has 2 aromatic heterocycles. The maximum atomic E-state index is 12.1. The Kier molecular flexibility index (Phi) is 8.61. The predicted molar refractivity (Wildman–Crippen MR) is 109 cm³/mol. The second-order valence-electron chi connectivity index (χ2n) is 6.38. The number of carbonyl (C=O) groups excluding carboxylic acids is 1. The number of hydrogen-bond donors (Lipinski definition) is 1. The summed E-state index contributed by atoms with van der Waals surface area (Å²) >= 11 is 3.12. The highest BCUT2D eigenvalue weighted by Gasteiger charge is 2.22. The van der Waals surface area contributed by atoms with E-state index in [-0.39, 0.29) is 11.9 Å². The summed E-state index contributed by atoms with van der Waals surface area (Å²) in [4.78, 5) is 15.5. The van der Waals surface area contributed by atoms with Crippen LogP contribution in [-0.4, -0.2) is 45.4 Å². The van der Waals surface area contributed by atoms with E-state index in [9.17, 15) is 4.79 Å². The molecule has 0 bridgehead atoms. The highest BCUT2D eigenvalue weighted by molar-refractivity contribution is 7.99. The molecule has 0 saturated heterocycles. The van der Waals surface area contributed by atoms with Crippen LogP contribution in [0.2, 0.25) is 0 Å². The van der Waals surface area contributed by atoms with Crippen molar-refractivity contribution < 1.29 is 4.79 Å². The zero-order chi connectivity index (χ0) is 18.9. The van der Waals surface area contributed by atoms with Gasteiger partial charge in [0.15, 0.2) is 11.0 Å². The van der Waals surface area contributed by atoms with Gasteiger partial charge in [0.1, 0.15) is 0 Å². The summed E-state index contributed by atoms with van der Waals surface area (Å²) in [5.41, 5.74) is 0. The van der Waals surface area contributed by atoms with Crippen LogP contribution in [0.25, 0.3) is 0 Å². The second-order valence-corrected chi connectivity index (χ2v) is 8.35. The topological polar surface area (TPSA) is 63.1 Å². The first kappa shape index (κ1) is 20.9. The van der Waals surface area contributed by atoms with Crippen molar-refractivity contribution in [3.63, 3.8) is 0 Å². The summed E-state index contributed by atoms with van der Waals surface area (Å²) < 4.78 is 2.19. The number of carbonyl (C=O) groups is 1. The van der Waals surface area contributed by atoms with Gasteiger partial charge in [-0.25, -0.2) is 0 Å². The van der Waals surface area contributed by atoms with Crippen molar-refractivity contribution >= 4 is 29.0 Å². The van der Waals surface area contributed by atoms with Gasteiger partial charge in [0.25, 0.3) is 0 Å². The Bertz CT molecular complexity index is 669. The standard InChI is InChI=1S/C18H29N5OS2/c1-5-7-10-23-17(15(6-2)22(3)4)20-21-18(23)26-13-16(24)19-12-14-9-8-11-25-14/h8-9,11,15H,5-7,10,12-13H2,1-4H3,(H,19,24). The number of aromatic nitrogens is 3. The molecular weight excluding hydrogens is 366 g/mol. The molecule has 0 aromatic carbocycles. The summed E-state index contributed by atoms with van der Waals surface area (Å²) in [7, 11) is 4.13. The molecule has 26 heavy (non-hydrogen) atoms. The minimum absolute atomic E-state index is 0.0228. The number of unbranched alkanes of at least 4 members (excludes halogenated alkanes) is 1. The first-order valence-electron chi connectivity index (χ1n) is 9.08. The lowest BCUT2D eigenvalue weighted by Gasteiger charge is -2.23. The van der Waals surface area contributed by atoms with Crippen LogP contribution in [0.15, 0.2) is 22.7 Å². The number of thioether (sulfide) groups is 1. The monoisotopic (exact) mass is 395 g/mol. The van der Waals surface area contributed by atoms with Crippen molar-refractivity contribution in [1.82, 2.24) is 25.0 Å². The molecule has 0 aliphatic rings. The van der Waals surface area contributed by atoms with E-state index >= 15 is 0 Å². The molecule has 144 valence electrons. The number of nitrogens with zero attached hydrogens (tertiary/aromatic N) is 4. The van der Waals surface area contributed by atoms with Crippen molar-refractivity contribution in [3.05, 3.63) is 28.2 Å². The SMILES string of the molecule is CCCCn1c(SCC(=O)NCc2cccs2)nnc1C(CC)N(C)C. The number of amides is 1. The lowest BCUT2D eigenvalue weighted by atomic mass is 10.2. The Morgan fingerprint density at radius 3 is 2.81 bits per heavy atom. The van der Waals surface area contributed by atoms with E-state index in [0.29, 0.717) is 12.3 Å². The van der Waals surface area contributed by atoms with Crippen LogP contribution in [0.3, 0.4) is 0 Å². The Morgan fingerprint density at radius 1 is 1.38 bits per heavy atom. The molecule has 6 nitrogen and oxygen atoms in total. The highest BCUT2D eigenvalue weighted by atomic mass is 32.2. The van der Waals surface area contributed by atoms with Crippen LogP contribution < -0.4 is 5.32 Å². The van der Waals surface area contributed by atoms with E-state index in [2.05, 4.69) is 52.9 Å².